The van der Waals surface area contributed by atoms with Crippen molar-refractivity contribution >= 4 is 34.5 Å². The maximum atomic E-state index is 5.86. The number of halogens is 1. The van der Waals surface area contributed by atoms with Crippen LogP contribution in [-0.4, -0.2) is 5.84 Å². The van der Waals surface area contributed by atoms with Crippen molar-refractivity contribution in [1.82, 2.24) is 5.43 Å². The Kier molecular flexibility index (Phi) is 3.56. The van der Waals surface area contributed by atoms with E-state index in [1.807, 2.05) is 42.5 Å². The van der Waals surface area contributed by atoms with Gasteiger partial charge in [0.2, 0.25) is 0 Å². The SMILES string of the molecule is NNC(=Nc1ccccc1)c1ccc(Cl)s1. The fraction of sp³-hybridized carbons (Fsp3) is 0. The van der Waals surface area contributed by atoms with Crippen LogP contribution in [0.4, 0.5) is 5.69 Å². The number of nitrogens with one attached hydrogen (secondary N) is 1. The maximum absolute atomic E-state index is 5.86. The lowest BCUT2D eigenvalue weighted by Crippen LogP contribution is -2.30. The number of benzene rings is 1. The lowest BCUT2D eigenvalue weighted by Gasteiger charge is -2.02. The lowest BCUT2D eigenvalue weighted by atomic mass is 10.3. The first-order valence-electron chi connectivity index (χ1n) is 4.65. The Labute approximate surface area is 103 Å². The molecule has 0 radical (unpaired) electrons. The van der Waals surface area contributed by atoms with E-state index in [0.717, 1.165) is 10.6 Å². The van der Waals surface area contributed by atoms with Gasteiger partial charge in [-0.1, -0.05) is 29.8 Å². The Balaban J connectivity index is 2.33. The van der Waals surface area contributed by atoms with Crippen molar-refractivity contribution in [3.63, 3.8) is 0 Å². The average Bonchev–Trinajstić information content (AvgIpc) is 2.74. The number of para-hydroxylation sites is 1. The molecule has 0 aliphatic rings. The molecule has 0 saturated carbocycles. The zero-order valence-electron chi connectivity index (χ0n) is 8.35. The normalized spacial score (nSPS) is 11.5. The minimum atomic E-state index is 0.614. The summed E-state index contributed by atoms with van der Waals surface area (Å²) in [6.45, 7) is 0. The molecule has 0 aliphatic carbocycles. The topological polar surface area (TPSA) is 50.4 Å². The molecule has 16 heavy (non-hydrogen) atoms. The number of thiophene rings is 1. The number of aliphatic imine (C=N–C) groups is 1. The standard InChI is InChI=1S/C11H10ClN3S/c12-10-7-6-9(16-10)11(15-13)14-8-4-2-1-3-5-8/h1-7H,13H2,(H,14,15). The van der Waals surface area contributed by atoms with Gasteiger partial charge in [0.05, 0.1) is 14.9 Å². The highest BCUT2D eigenvalue weighted by Crippen LogP contribution is 2.22. The number of hydrogen-bond acceptors (Lipinski definition) is 3. The van der Waals surface area contributed by atoms with Crippen molar-refractivity contribution in [3.05, 3.63) is 51.7 Å². The van der Waals surface area contributed by atoms with E-state index in [4.69, 9.17) is 17.4 Å². The molecule has 3 N–H and O–H groups in total. The molecule has 0 amide bonds. The van der Waals surface area contributed by atoms with Gasteiger partial charge in [-0.2, -0.15) is 0 Å². The van der Waals surface area contributed by atoms with Crippen molar-refractivity contribution in [2.45, 2.75) is 0 Å². The minimum absolute atomic E-state index is 0.614. The van der Waals surface area contributed by atoms with Crippen molar-refractivity contribution in [2.75, 3.05) is 0 Å². The number of hydrogen-bond donors (Lipinski definition) is 2. The molecule has 2 rings (SSSR count). The van der Waals surface area contributed by atoms with Gasteiger partial charge < -0.3 is 5.43 Å². The highest BCUT2D eigenvalue weighted by molar-refractivity contribution is 7.18. The van der Waals surface area contributed by atoms with Gasteiger partial charge in [-0.25, -0.2) is 10.8 Å². The second-order valence-electron chi connectivity index (χ2n) is 3.04. The minimum Gasteiger partial charge on any atom is -0.307 e. The van der Waals surface area contributed by atoms with Crippen LogP contribution in [0.3, 0.4) is 0 Å². The number of amidine groups is 1. The van der Waals surface area contributed by atoms with Gasteiger partial charge >= 0.3 is 0 Å². The molecule has 3 nitrogen and oxygen atoms in total. The zero-order valence-corrected chi connectivity index (χ0v) is 9.92. The number of hydrazine groups is 1. The molecule has 1 aromatic heterocycles. The van der Waals surface area contributed by atoms with Crippen LogP contribution in [0, 0.1) is 0 Å². The van der Waals surface area contributed by atoms with E-state index >= 15 is 0 Å². The summed E-state index contributed by atoms with van der Waals surface area (Å²) < 4.78 is 0.714. The van der Waals surface area contributed by atoms with E-state index in [2.05, 4.69) is 10.4 Å². The number of rotatable bonds is 2. The molecule has 2 aromatic rings. The average molecular weight is 252 g/mol. The van der Waals surface area contributed by atoms with Gasteiger partial charge in [0.15, 0.2) is 5.84 Å². The van der Waals surface area contributed by atoms with Crippen LogP contribution in [0.5, 0.6) is 0 Å². The molecule has 0 spiro atoms. The molecule has 0 unspecified atom stereocenters. The summed E-state index contributed by atoms with van der Waals surface area (Å²) in [4.78, 5) is 5.31. The van der Waals surface area contributed by atoms with Gasteiger partial charge in [-0.3, -0.25) is 0 Å². The van der Waals surface area contributed by atoms with E-state index in [9.17, 15) is 0 Å². The monoisotopic (exact) mass is 251 g/mol. The fourth-order valence-corrected chi connectivity index (χ4v) is 2.23. The third kappa shape index (κ3) is 2.61. The largest absolute Gasteiger partial charge is 0.307 e. The third-order valence-corrected chi connectivity index (χ3v) is 3.18. The molecule has 5 heteroatoms. The Morgan fingerprint density at radius 3 is 2.50 bits per heavy atom. The molecule has 0 fully saturated rings. The third-order valence-electron chi connectivity index (χ3n) is 1.94. The first kappa shape index (κ1) is 11.1. The zero-order chi connectivity index (χ0) is 11.4. The van der Waals surface area contributed by atoms with Gasteiger partial charge in [-0.05, 0) is 24.3 Å². The van der Waals surface area contributed by atoms with Gasteiger partial charge in [0, 0.05) is 0 Å². The molecule has 82 valence electrons. The Bertz CT molecular complexity index is 493. The predicted molar refractivity (Wildman–Crippen MR) is 69.3 cm³/mol. The van der Waals surface area contributed by atoms with Crippen molar-refractivity contribution in [3.8, 4) is 0 Å². The molecule has 0 bridgehead atoms. The summed E-state index contributed by atoms with van der Waals surface area (Å²) in [5.41, 5.74) is 3.43. The Morgan fingerprint density at radius 1 is 1.19 bits per heavy atom. The van der Waals surface area contributed by atoms with E-state index < -0.39 is 0 Å². The van der Waals surface area contributed by atoms with Crippen LogP contribution in [0.2, 0.25) is 4.34 Å². The molecule has 1 aromatic carbocycles. The van der Waals surface area contributed by atoms with Crippen LogP contribution < -0.4 is 11.3 Å². The van der Waals surface area contributed by atoms with E-state index in [1.165, 1.54) is 11.3 Å². The first-order chi connectivity index (χ1) is 7.79. The predicted octanol–water partition coefficient (Wildman–Crippen LogP) is 2.94. The summed E-state index contributed by atoms with van der Waals surface area (Å²) in [6.07, 6.45) is 0. The number of nitrogens with two attached hydrogens (primary N) is 1. The van der Waals surface area contributed by atoms with E-state index in [0.29, 0.717) is 10.2 Å². The van der Waals surface area contributed by atoms with Crippen LogP contribution in [0.25, 0.3) is 0 Å². The molecule has 0 atom stereocenters. The molecule has 0 saturated heterocycles. The molecular weight excluding hydrogens is 242 g/mol. The smallest absolute Gasteiger partial charge is 0.158 e. The molecule has 1 heterocycles. The summed E-state index contributed by atoms with van der Waals surface area (Å²) in [6, 6.07) is 13.3. The maximum Gasteiger partial charge on any atom is 0.158 e. The summed E-state index contributed by atoms with van der Waals surface area (Å²) in [5.74, 6) is 6.06. The van der Waals surface area contributed by atoms with Crippen LogP contribution in [0.1, 0.15) is 4.88 Å². The fourth-order valence-electron chi connectivity index (χ4n) is 1.23. The first-order valence-corrected chi connectivity index (χ1v) is 5.85. The molecule has 0 aliphatic heterocycles. The van der Waals surface area contributed by atoms with Gasteiger partial charge in [0.25, 0.3) is 0 Å². The summed E-state index contributed by atoms with van der Waals surface area (Å²) in [7, 11) is 0. The Hall–Kier alpha value is -1.36. The Morgan fingerprint density at radius 2 is 1.94 bits per heavy atom. The second kappa shape index (κ2) is 5.12. The lowest BCUT2D eigenvalue weighted by molar-refractivity contribution is 1.03. The molecular formula is C11H10ClN3S. The summed E-state index contributed by atoms with van der Waals surface area (Å²) in [5, 5.41) is 0. The van der Waals surface area contributed by atoms with Gasteiger partial charge in [-0.15, -0.1) is 11.3 Å². The number of nitrogens with zero attached hydrogens (tertiary/aromatic N) is 1. The quantitative estimate of drug-likeness (QED) is 0.373. The highest BCUT2D eigenvalue weighted by Gasteiger charge is 2.05. The second-order valence-corrected chi connectivity index (χ2v) is 4.76. The van der Waals surface area contributed by atoms with Gasteiger partial charge in [0.1, 0.15) is 0 Å². The van der Waals surface area contributed by atoms with Crippen molar-refractivity contribution < 1.29 is 0 Å². The van der Waals surface area contributed by atoms with Crippen molar-refractivity contribution in [1.29, 1.82) is 0 Å². The van der Waals surface area contributed by atoms with E-state index in [-0.39, 0.29) is 0 Å². The summed E-state index contributed by atoms with van der Waals surface area (Å²) >= 11 is 7.29. The van der Waals surface area contributed by atoms with Crippen molar-refractivity contribution in [2.24, 2.45) is 10.8 Å². The van der Waals surface area contributed by atoms with Crippen LogP contribution in [0.15, 0.2) is 47.5 Å². The van der Waals surface area contributed by atoms with E-state index in [1.54, 1.807) is 0 Å². The van der Waals surface area contributed by atoms with Crippen LogP contribution >= 0.6 is 22.9 Å². The highest BCUT2D eigenvalue weighted by atomic mass is 35.5. The van der Waals surface area contributed by atoms with Crippen LogP contribution in [-0.2, 0) is 0 Å².